The third-order valence-electron chi connectivity index (χ3n) is 7.44. The molecule has 0 aliphatic carbocycles. The molecule has 1 N–H and O–H groups in total. The van der Waals surface area contributed by atoms with Crippen molar-refractivity contribution in [2.45, 2.75) is 119 Å². The molecule has 0 saturated heterocycles. The fourth-order valence-corrected chi connectivity index (χ4v) is 4.90. The van der Waals surface area contributed by atoms with Crippen LogP contribution in [0.15, 0.2) is 6.08 Å². The summed E-state index contributed by atoms with van der Waals surface area (Å²) in [5.41, 5.74) is 3.70. The van der Waals surface area contributed by atoms with Crippen LogP contribution in [-0.2, 0) is 0 Å². The van der Waals surface area contributed by atoms with Gasteiger partial charge in [-0.1, -0.05) is 78.7 Å². The topological polar surface area (TPSA) is 29.5 Å². The molecule has 2 nitrogen and oxygen atoms in total. The van der Waals surface area contributed by atoms with Crippen LogP contribution in [0.25, 0.3) is 6.08 Å². The second kappa shape index (κ2) is 11.4. The molecule has 0 spiro atoms. The maximum Gasteiger partial charge on any atom is 0.131 e. The van der Waals surface area contributed by atoms with Gasteiger partial charge in [0.1, 0.15) is 17.1 Å². The summed E-state index contributed by atoms with van der Waals surface area (Å²) >= 11 is 0. The number of aromatic hydroxyl groups is 1. The van der Waals surface area contributed by atoms with Crippen molar-refractivity contribution >= 4 is 6.08 Å². The average Bonchev–Trinajstić information content (AvgIpc) is 2.70. The van der Waals surface area contributed by atoms with Gasteiger partial charge in [-0.25, -0.2) is 0 Å². The Morgan fingerprint density at radius 2 is 1.35 bits per heavy atom. The van der Waals surface area contributed by atoms with Gasteiger partial charge in [0.25, 0.3) is 0 Å². The number of phenols is 1. The summed E-state index contributed by atoms with van der Waals surface area (Å²) in [6, 6.07) is 0. The molecule has 1 aliphatic heterocycles. The predicted molar refractivity (Wildman–Crippen MR) is 135 cm³/mol. The number of ether oxygens (including phenoxy) is 1. The number of fused-ring (bicyclic) bond motifs is 1. The Labute approximate surface area is 192 Å². The van der Waals surface area contributed by atoms with Gasteiger partial charge in [-0.2, -0.15) is 0 Å². The monoisotopic (exact) mass is 428 g/mol. The summed E-state index contributed by atoms with van der Waals surface area (Å²) in [6.07, 6.45) is 16.1. The van der Waals surface area contributed by atoms with Gasteiger partial charge in [-0.3, -0.25) is 0 Å². The lowest BCUT2D eigenvalue weighted by Crippen LogP contribution is -2.32. The molecule has 0 aromatic heterocycles. The lowest BCUT2D eigenvalue weighted by Gasteiger charge is -2.34. The van der Waals surface area contributed by atoms with E-state index in [0.29, 0.717) is 5.75 Å². The minimum absolute atomic E-state index is 0.252. The van der Waals surface area contributed by atoms with E-state index >= 15 is 0 Å². The van der Waals surface area contributed by atoms with Crippen molar-refractivity contribution in [2.75, 3.05) is 0 Å². The Kier molecular flexibility index (Phi) is 9.52. The van der Waals surface area contributed by atoms with Crippen LogP contribution in [0.3, 0.4) is 0 Å². The van der Waals surface area contributed by atoms with E-state index in [1.165, 1.54) is 51.4 Å². The Balaban J connectivity index is 1.76. The van der Waals surface area contributed by atoms with Crippen LogP contribution >= 0.6 is 0 Å². The van der Waals surface area contributed by atoms with Crippen LogP contribution in [0, 0.1) is 38.5 Å². The molecule has 31 heavy (non-hydrogen) atoms. The van der Waals surface area contributed by atoms with Crippen LogP contribution < -0.4 is 4.74 Å². The highest BCUT2D eigenvalue weighted by Crippen LogP contribution is 2.43. The Morgan fingerprint density at radius 1 is 0.806 bits per heavy atom. The Hall–Kier alpha value is -1.44. The van der Waals surface area contributed by atoms with Crippen molar-refractivity contribution in [2.24, 2.45) is 17.8 Å². The molecule has 0 radical (unpaired) electrons. The minimum atomic E-state index is -0.252. The molecule has 3 atom stereocenters. The first-order valence-corrected chi connectivity index (χ1v) is 12.7. The molecule has 176 valence electrons. The molecule has 2 rings (SSSR count). The van der Waals surface area contributed by atoms with Gasteiger partial charge in [0.15, 0.2) is 0 Å². The molecule has 0 fully saturated rings. The van der Waals surface area contributed by atoms with E-state index < -0.39 is 0 Å². The fraction of sp³-hybridized carbons (Fsp3) is 0.724. The van der Waals surface area contributed by atoms with Crippen molar-refractivity contribution in [1.29, 1.82) is 0 Å². The third-order valence-corrected chi connectivity index (χ3v) is 7.44. The number of benzene rings is 1. The first-order valence-electron chi connectivity index (χ1n) is 12.7. The SMILES string of the molecule is Cc1c(C)c2c(c(C)c1O)C=C[C@@](C)(CCC[C@H](C)CCC[C@@H](C)CCCC(C)C)O2. The first kappa shape index (κ1) is 25.8. The standard InChI is InChI=1S/C29H48O2/c1-20(2)12-9-13-21(3)14-10-15-22(4)16-11-18-29(8)19-17-26-25(7)27(30)23(5)24(6)28(26)31-29/h17,19-22,30H,9-16,18H2,1-8H3/t21-,22+,29+/m0/s1. The largest absolute Gasteiger partial charge is 0.507 e. The highest BCUT2D eigenvalue weighted by Gasteiger charge is 2.30. The molecule has 2 heteroatoms. The molecular formula is C29H48O2. The van der Waals surface area contributed by atoms with Crippen LogP contribution in [0.1, 0.15) is 115 Å². The zero-order valence-electron chi connectivity index (χ0n) is 21.6. The second-order valence-corrected chi connectivity index (χ2v) is 11.1. The van der Waals surface area contributed by atoms with Gasteiger partial charge < -0.3 is 9.84 Å². The van der Waals surface area contributed by atoms with Gasteiger partial charge in [-0.05, 0) is 75.5 Å². The lowest BCUT2D eigenvalue weighted by molar-refractivity contribution is 0.121. The van der Waals surface area contributed by atoms with Crippen molar-refractivity contribution in [3.8, 4) is 11.5 Å². The van der Waals surface area contributed by atoms with Gasteiger partial charge >= 0.3 is 0 Å². The quantitative estimate of drug-likeness (QED) is 0.360. The van der Waals surface area contributed by atoms with Crippen molar-refractivity contribution in [3.63, 3.8) is 0 Å². The summed E-state index contributed by atoms with van der Waals surface area (Å²) < 4.78 is 6.52. The molecular weight excluding hydrogens is 380 g/mol. The van der Waals surface area contributed by atoms with E-state index in [4.69, 9.17) is 4.74 Å². The normalized spacial score (nSPS) is 19.9. The van der Waals surface area contributed by atoms with Crippen LogP contribution in [0.4, 0.5) is 0 Å². The van der Waals surface area contributed by atoms with Crippen LogP contribution in [0.5, 0.6) is 11.5 Å². The number of rotatable bonds is 12. The molecule has 0 saturated carbocycles. The molecule has 0 amide bonds. The second-order valence-electron chi connectivity index (χ2n) is 11.1. The van der Waals surface area contributed by atoms with Gasteiger partial charge in [0, 0.05) is 11.1 Å². The molecule has 0 bridgehead atoms. The average molecular weight is 429 g/mol. The summed E-state index contributed by atoms with van der Waals surface area (Å²) in [7, 11) is 0. The van der Waals surface area contributed by atoms with Crippen molar-refractivity contribution in [3.05, 3.63) is 28.3 Å². The van der Waals surface area contributed by atoms with Crippen molar-refractivity contribution < 1.29 is 9.84 Å². The maximum absolute atomic E-state index is 10.4. The van der Waals surface area contributed by atoms with Gasteiger partial charge in [0.05, 0.1) is 0 Å². The zero-order chi connectivity index (χ0) is 23.2. The zero-order valence-corrected chi connectivity index (χ0v) is 21.6. The molecule has 1 aromatic rings. The molecule has 1 aliphatic rings. The van der Waals surface area contributed by atoms with Crippen molar-refractivity contribution in [1.82, 2.24) is 0 Å². The van der Waals surface area contributed by atoms with Crippen LogP contribution in [-0.4, -0.2) is 10.7 Å². The number of hydrogen-bond acceptors (Lipinski definition) is 2. The molecule has 0 unspecified atom stereocenters. The third kappa shape index (κ3) is 7.29. The molecule has 1 aromatic carbocycles. The summed E-state index contributed by atoms with van der Waals surface area (Å²) in [5.74, 6) is 3.86. The van der Waals surface area contributed by atoms with E-state index in [-0.39, 0.29) is 5.60 Å². The smallest absolute Gasteiger partial charge is 0.131 e. The Morgan fingerprint density at radius 3 is 1.94 bits per heavy atom. The van der Waals surface area contributed by atoms with E-state index in [9.17, 15) is 5.11 Å². The molecule has 1 heterocycles. The predicted octanol–water partition coefficient (Wildman–Crippen LogP) is 8.92. The van der Waals surface area contributed by atoms with Crippen LogP contribution in [0.2, 0.25) is 0 Å². The van der Waals surface area contributed by atoms with Gasteiger partial charge in [0.2, 0.25) is 0 Å². The summed E-state index contributed by atoms with van der Waals surface area (Å²) in [4.78, 5) is 0. The fourth-order valence-electron chi connectivity index (χ4n) is 4.90. The van der Waals surface area contributed by atoms with E-state index in [0.717, 1.165) is 52.2 Å². The number of hydrogen-bond donors (Lipinski definition) is 1. The van der Waals surface area contributed by atoms with Gasteiger partial charge in [-0.15, -0.1) is 0 Å². The summed E-state index contributed by atoms with van der Waals surface area (Å²) in [6.45, 7) is 17.7. The first-order chi connectivity index (χ1) is 14.5. The summed E-state index contributed by atoms with van der Waals surface area (Å²) in [5, 5.41) is 10.4. The Bertz CT molecular complexity index is 746. The maximum atomic E-state index is 10.4. The highest BCUT2D eigenvalue weighted by molar-refractivity contribution is 5.71. The van der Waals surface area contributed by atoms with E-state index in [2.05, 4.69) is 53.7 Å². The van der Waals surface area contributed by atoms with E-state index in [1.807, 2.05) is 13.8 Å². The number of phenolic OH excluding ortho intramolecular Hbond substituents is 1. The lowest BCUT2D eigenvalue weighted by atomic mass is 9.88. The van der Waals surface area contributed by atoms with E-state index in [1.54, 1.807) is 0 Å². The highest BCUT2D eigenvalue weighted by atomic mass is 16.5. The minimum Gasteiger partial charge on any atom is -0.507 e.